The smallest absolute Gasteiger partial charge is 0.375 e. The van der Waals surface area contributed by atoms with Gasteiger partial charge in [-0.05, 0) is 34.5 Å². The standard InChI is InChI=1S/C10H6BrFN2O4.C2H6/c1-3-2-4-7(6(12)5(3)11)13-10(16)8(9(4)15)14(17)18;1-2/h2H,1H3,(H2,13,15,16);1-2H3. The lowest BCUT2D eigenvalue weighted by Gasteiger charge is -2.06. The molecule has 0 fully saturated rings. The molecule has 0 saturated carbocycles. The third-order valence-corrected chi connectivity index (χ3v) is 3.48. The molecule has 0 unspecified atom stereocenters. The van der Waals surface area contributed by atoms with Gasteiger partial charge in [0.1, 0.15) is 0 Å². The summed E-state index contributed by atoms with van der Waals surface area (Å²) >= 11 is 2.98. The molecule has 0 bridgehead atoms. The molecule has 0 aliphatic carbocycles. The summed E-state index contributed by atoms with van der Waals surface area (Å²) in [6.45, 7) is 5.56. The second-order valence-electron chi connectivity index (χ2n) is 3.65. The molecule has 108 valence electrons. The summed E-state index contributed by atoms with van der Waals surface area (Å²) in [6.07, 6.45) is 0. The Labute approximate surface area is 121 Å². The number of rotatable bonds is 1. The van der Waals surface area contributed by atoms with E-state index >= 15 is 0 Å². The Hall–Kier alpha value is -1.96. The first-order valence-electron chi connectivity index (χ1n) is 5.72. The summed E-state index contributed by atoms with van der Waals surface area (Å²) in [5, 5.41) is 20.2. The number of fused-ring (bicyclic) bond motifs is 1. The van der Waals surface area contributed by atoms with Gasteiger partial charge in [-0.25, -0.2) is 4.39 Å². The maximum Gasteiger partial charge on any atom is 0.375 e. The van der Waals surface area contributed by atoms with Gasteiger partial charge in [-0.2, -0.15) is 0 Å². The van der Waals surface area contributed by atoms with E-state index in [4.69, 9.17) is 0 Å². The van der Waals surface area contributed by atoms with Crippen LogP contribution < -0.4 is 5.56 Å². The molecule has 1 heterocycles. The zero-order chi connectivity index (χ0) is 15.6. The molecule has 0 aliphatic heterocycles. The van der Waals surface area contributed by atoms with Crippen molar-refractivity contribution in [1.29, 1.82) is 0 Å². The minimum Gasteiger partial charge on any atom is -0.501 e. The summed E-state index contributed by atoms with van der Waals surface area (Å²) in [6, 6.07) is 1.35. The highest BCUT2D eigenvalue weighted by atomic mass is 79.9. The number of nitrogens with one attached hydrogen (secondary N) is 1. The van der Waals surface area contributed by atoms with Gasteiger partial charge in [0.2, 0.25) is 5.75 Å². The molecule has 0 amide bonds. The molecule has 6 nitrogen and oxygen atoms in total. The predicted octanol–water partition coefficient (Wildman–Crippen LogP) is 3.38. The molecule has 0 saturated heterocycles. The highest BCUT2D eigenvalue weighted by Gasteiger charge is 2.24. The molecule has 2 aromatic rings. The summed E-state index contributed by atoms with van der Waals surface area (Å²) in [5.74, 6) is -1.62. The average molecular weight is 347 g/mol. The molecule has 8 heteroatoms. The van der Waals surface area contributed by atoms with Crippen molar-refractivity contribution in [3.63, 3.8) is 0 Å². The van der Waals surface area contributed by atoms with Gasteiger partial charge in [-0.1, -0.05) is 13.8 Å². The first kappa shape index (κ1) is 16.1. The molecule has 0 atom stereocenters. The van der Waals surface area contributed by atoms with Crippen molar-refractivity contribution in [2.45, 2.75) is 20.8 Å². The van der Waals surface area contributed by atoms with E-state index < -0.39 is 27.7 Å². The van der Waals surface area contributed by atoms with E-state index in [1.165, 1.54) is 6.07 Å². The van der Waals surface area contributed by atoms with E-state index in [2.05, 4.69) is 20.9 Å². The highest BCUT2D eigenvalue weighted by molar-refractivity contribution is 9.10. The fourth-order valence-electron chi connectivity index (χ4n) is 1.64. The molecular formula is C12H12BrFN2O4. The summed E-state index contributed by atoms with van der Waals surface area (Å²) < 4.78 is 14.0. The normalized spacial score (nSPS) is 10.1. The fourth-order valence-corrected chi connectivity index (χ4v) is 1.95. The van der Waals surface area contributed by atoms with Gasteiger partial charge in [-0.3, -0.25) is 14.9 Å². The van der Waals surface area contributed by atoms with Crippen LogP contribution in [0.5, 0.6) is 5.75 Å². The number of benzene rings is 1. The number of H-pyrrole nitrogens is 1. The third kappa shape index (κ3) is 2.51. The highest BCUT2D eigenvalue weighted by Crippen LogP contribution is 2.34. The minimum absolute atomic E-state index is 0.112. The van der Waals surface area contributed by atoms with Gasteiger partial charge in [0.05, 0.1) is 20.3 Å². The number of halogens is 2. The maximum absolute atomic E-state index is 13.9. The van der Waals surface area contributed by atoms with Crippen molar-refractivity contribution in [2.75, 3.05) is 0 Å². The first-order valence-corrected chi connectivity index (χ1v) is 6.51. The van der Waals surface area contributed by atoms with Gasteiger partial charge in [-0.15, -0.1) is 0 Å². The van der Waals surface area contributed by atoms with Crippen molar-refractivity contribution in [1.82, 2.24) is 4.98 Å². The molecule has 1 aromatic heterocycles. The van der Waals surface area contributed by atoms with Crippen LogP contribution in [0.2, 0.25) is 0 Å². The number of hydrogen-bond acceptors (Lipinski definition) is 4. The number of aromatic hydroxyl groups is 1. The molecule has 2 rings (SSSR count). The molecule has 0 radical (unpaired) electrons. The van der Waals surface area contributed by atoms with Crippen molar-refractivity contribution >= 4 is 32.5 Å². The Bertz CT molecular complexity index is 743. The van der Waals surface area contributed by atoms with E-state index in [1.54, 1.807) is 6.92 Å². The summed E-state index contributed by atoms with van der Waals surface area (Å²) in [5.41, 5.74) is -1.99. The minimum atomic E-state index is -1.15. The van der Waals surface area contributed by atoms with Crippen LogP contribution in [0.3, 0.4) is 0 Å². The quantitative estimate of drug-likeness (QED) is 0.611. The molecule has 1 aromatic carbocycles. The lowest BCUT2D eigenvalue weighted by molar-refractivity contribution is -0.387. The molecule has 2 N–H and O–H groups in total. The van der Waals surface area contributed by atoms with E-state index in [9.17, 15) is 24.4 Å². The van der Waals surface area contributed by atoms with E-state index in [0.29, 0.717) is 5.56 Å². The number of nitrogens with zero attached hydrogens (tertiary/aromatic N) is 1. The van der Waals surface area contributed by atoms with E-state index in [1.807, 2.05) is 13.8 Å². The van der Waals surface area contributed by atoms with E-state index in [0.717, 1.165) is 0 Å². The van der Waals surface area contributed by atoms with Crippen LogP contribution >= 0.6 is 15.9 Å². The number of hydrogen-bond donors (Lipinski definition) is 2. The second-order valence-corrected chi connectivity index (χ2v) is 4.45. The Morgan fingerprint density at radius 2 is 2.00 bits per heavy atom. The summed E-state index contributed by atoms with van der Waals surface area (Å²) in [4.78, 5) is 23.1. The number of pyridine rings is 1. The summed E-state index contributed by atoms with van der Waals surface area (Å²) in [7, 11) is 0. The topological polar surface area (TPSA) is 96.2 Å². The third-order valence-electron chi connectivity index (χ3n) is 2.50. The Balaban J connectivity index is 0.000000956. The number of nitro groups is 1. The lowest BCUT2D eigenvalue weighted by Crippen LogP contribution is -2.12. The van der Waals surface area contributed by atoms with Crippen LogP contribution in [0.15, 0.2) is 15.3 Å². The molecular weight excluding hydrogens is 335 g/mol. The van der Waals surface area contributed by atoms with Crippen LogP contribution in [-0.4, -0.2) is 15.0 Å². The maximum atomic E-state index is 13.9. The predicted molar refractivity (Wildman–Crippen MR) is 76.6 cm³/mol. The zero-order valence-corrected chi connectivity index (χ0v) is 12.5. The molecule has 0 spiro atoms. The first-order chi connectivity index (χ1) is 9.34. The fraction of sp³-hybridized carbons (Fsp3) is 0.250. The zero-order valence-electron chi connectivity index (χ0n) is 11.0. The van der Waals surface area contributed by atoms with Gasteiger partial charge in [0.15, 0.2) is 5.82 Å². The van der Waals surface area contributed by atoms with Crippen LogP contribution in [-0.2, 0) is 0 Å². The number of aromatic amines is 1. The van der Waals surface area contributed by atoms with Crippen LogP contribution in [0.4, 0.5) is 10.1 Å². The van der Waals surface area contributed by atoms with Crippen LogP contribution in [0.1, 0.15) is 19.4 Å². The number of aromatic nitrogens is 1. The second kappa shape index (κ2) is 6.00. The largest absolute Gasteiger partial charge is 0.501 e. The van der Waals surface area contributed by atoms with Crippen molar-refractivity contribution in [2.24, 2.45) is 0 Å². The Morgan fingerprint density at radius 1 is 1.45 bits per heavy atom. The Kier molecular flexibility index (Phi) is 4.83. The van der Waals surface area contributed by atoms with Crippen molar-refractivity contribution in [3.8, 4) is 5.75 Å². The molecule has 20 heavy (non-hydrogen) atoms. The van der Waals surface area contributed by atoms with Gasteiger partial charge < -0.3 is 10.1 Å². The Morgan fingerprint density at radius 3 is 2.50 bits per heavy atom. The average Bonchev–Trinajstić information content (AvgIpc) is 2.40. The van der Waals surface area contributed by atoms with Crippen LogP contribution in [0.25, 0.3) is 10.9 Å². The van der Waals surface area contributed by atoms with Crippen LogP contribution in [0, 0.1) is 22.9 Å². The molecule has 0 aliphatic rings. The van der Waals surface area contributed by atoms with Crippen molar-refractivity contribution in [3.05, 3.63) is 42.4 Å². The SMILES string of the molecule is CC.Cc1cc2c(O)c([N+](=O)[O-])c(=O)[nH]c2c(F)c1Br. The monoisotopic (exact) mass is 346 g/mol. The van der Waals surface area contributed by atoms with E-state index in [-0.39, 0.29) is 15.4 Å². The van der Waals surface area contributed by atoms with Gasteiger partial charge >= 0.3 is 11.2 Å². The van der Waals surface area contributed by atoms with Gasteiger partial charge in [0.25, 0.3) is 0 Å². The van der Waals surface area contributed by atoms with Gasteiger partial charge in [0, 0.05) is 0 Å². The van der Waals surface area contributed by atoms with Crippen molar-refractivity contribution < 1.29 is 14.4 Å². The lowest BCUT2D eigenvalue weighted by atomic mass is 10.1. The number of aryl methyl sites for hydroxylation is 1.